The van der Waals surface area contributed by atoms with Crippen molar-refractivity contribution in [3.63, 3.8) is 0 Å². The van der Waals surface area contributed by atoms with Gasteiger partial charge in [0.05, 0.1) is 11.3 Å². The monoisotopic (exact) mass is 348 g/mol. The van der Waals surface area contributed by atoms with Gasteiger partial charge in [-0.25, -0.2) is 0 Å². The Labute approximate surface area is 154 Å². The molecular formula is C22H24N2O2. The van der Waals surface area contributed by atoms with E-state index < -0.39 is 0 Å². The number of piperidine rings is 1. The van der Waals surface area contributed by atoms with Gasteiger partial charge in [-0.3, -0.25) is 9.59 Å². The molecule has 0 saturated carbocycles. The fraction of sp³-hybridized carbons (Fsp3) is 0.273. The van der Waals surface area contributed by atoms with Crippen molar-refractivity contribution in [3.8, 4) is 0 Å². The van der Waals surface area contributed by atoms with Crippen LogP contribution in [0.3, 0.4) is 0 Å². The molecule has 1 N–H and O–H groups in total. The third-order valence-corrected chi connectivity index (χ3v) is 4.71. The molecule has 0 atom stereocenters. The number of nitrogens with zero attached hydrogens (tertiary/aromatic N) is 1. The summed E-state index contributed by atoms with van der Waals surface area (Å²) in [5.41, 5.74) is 2.05. The SMILES string of the molecule is CC1CCN(C(=O)c2ccccc2NC(=O)C=Cc2ccccc2)CC1. The zero-order valence-electron chi connectivity index (χ0n) is 15.0. The largest absolute Gasteiger partial charge is 0.339 e. The lowest BCUT2D eigenvalue weighted by molar-refractivity contribution is -0.111. The van der Waals surface area contributed by atoms with Crippen LogP contribution >= 0.6 is 0 Å². The average molecular weight is 348 g/mol. The molecule has 2 amide bonds. The highest BCUT2D eigenvalue weighted by Crippen LogP contribution is 2.22. The van der Waals surface area contributed by atoms with Gasteiger partial charge in [-0.1, -0.05) is 49.4 Å². The predicted molar refractivity (Wildman–Crippen MR) is 105 cm³/mol. The summed E-state index contributed by atoms with van der Waals surface area (Å²) in [6.07, 6.45) is 5.30. The maximum absolute atomic E-state index is 12.8. The molecule has 1 aliphatic rings. The molecular weight excluding hydrogens is 324 g/mol. The van der Waals surface area contributed by atoms with Crippen LogP contribution in [0.5, 0.6) is 0 Å². The van der Waals surface area contributed by atoms with Crippen molar-refractivity contribution >= 4 is 23.6 Å². The molecule has 0 aromatic heterocycles. The standard InChI is InChI=1S/C22H24N2O2/c1-17-13-15-24(16-14-17)22(26)19-9-5-6-10-20(19)23-21(25)12-11-18-7-3-2-4-8-18/h2-12,17H,13-16H2,1H3,(H,23,25). The van der Waals surface area contributed by atoms with Gasteiger partial charge in [0.15, 0.2) is 0 Å². The van der Waals surface area contributed by atoms with Crippen LogP contribution in [-0.4, -0.2) is 29.8 Å². The molecule has 0 unspecified atom stereocenters. The van der Waals surface area contributed by atoms with Crippen molar-refractivity contribution < 1.29 is 9.59 Å². The molecule has 4 heteroatoms. The van der Waals surface area contributed by atoms with Crippen LogP contribution in [-0.2, 0) is 4.79 Å². The van der Waals surface area contributed by atoms with Gasteiger partial charge in [-0.2, -0.15) is 0 Å². The minimum Gasteiger partial charge on any atom is -0.339 e. The predicted octanol–water partition coefficient (Wildman–Crippen LogP) is 4.21. The molecule has 134 valence electrons. The Bertz CT molecular complexity index is 791. The third-order valence-electron chi connectivity index (χ3n) is 4.71. The van der Waals surface area contributed by atoms with Gasteiger partial charge < -0.3 is 10.2 Å². The van der Waals surface area contributed by atoms with Crippen LogP contribution in [0.2, 0.25) is 0 Å². The number of likely N-dealkylation sites (tertiary alicyclic amines) is 1. The van der Waals surface area contributed by atoms with Gasteiger partial charge >= 0.3 is 0 Å². The van der Waals surface area contributed by atoms with Crippen LogP contribution in [0.1, 0.15) is 35.7 Å². The van der Waals surface area contributed by atoms with Crippen molar-refractivity contribution in [3.05, 3.63) is 71.8 Å². The summed E-state index contributed by atoms with van der Waals surface area (Å²) in [4.78, 5) is 27.0. The van der Waals surface area contributed by atoms with E-state index in [1.807, 2.05) is 47.4 Å². The molecule has 1 heterocycles. The maximum Gasteiger partial charge on any atom is 0.255 e. The molecule has 0 aliphatic carbocycles. The van der Waals surface area contributed by atoms with Gasteiger partial charge in [-0.15, -0.1) is 0 Å². The van der Waals surface area contributed by atoms with E-state index in [0.29, 0.717) is 17.2 Å². The summed E-state index contributed by atoms with van der Waals surface area (Å²) in [5, 5.41) is 2.84. The number of hydrogen-bond donors (Lipinski definition) is 1. The van der Waals surface area contributed by atoms with Gasteiger partial charge in [0.25, 0.3) is 5.91 Å². The van der Waals surface area contributed by atoms with E-state index >= 15 is 0 Å². The number of para-hydroxylation sites is 1. The number of carbonyl (C=O) groups excluding carboxylic acids is 2. The zero-order chi connectivity index (χ0) is 18.4. The lowest BCUT2D eigenvalue weighted by Gasteiger charge is -2.30. The number of amides is 2. The van der Waals surface area contributed by atoms with Crippen LogP contribution < -0.4 is 5.32 Å². The molecule has 1 saturated heterocycles. The fourth-order valence-electron chi connectivity index (χ4n) is 3.07. The van der Waals surface area contributed by atoms with Crippen molar-refractivity contribution in [1.29, 1.82) is 0 Å². The Morgan fingerprint density at radius 1 is 1.00 bits per heavy atom. The quantitative estimate of drug-likeness (QED) is 0.842. The summed E-state index contributed by atoms with van der Waals surface area (Å²) in [5.74, 6) is 0.401. The molecule has 26 heavy (non-hydrogen) atoms. The first-order valence-electron chi connectivity index (χ1n) is 9.06. The topological polar surface area (TPSA) is 49.4 Å². The van der Waals surface area contributed by atoms with Gasteiger partial charge in [-0.05, 0) is 42.5 Å². The first-order chi connectivity index (χ1) is 12.6. The van der Waals surface area contributed by atoms with E-state index in [1.165, 1.54) is 6.08 Å². The Hall–Kier alpha value is -2.88. The second-order valence-electron chi connectivity index (χ2n) is 6.75. The van der Waals surface area contributed by atoms with E-state index in [9.17, 15) is 9.59 Å². The minimum atomic E-state index is -0.249. The van der Waals surface area contributed by atoms with Gasteiger partial charge in [0.2, 0.25) is 5.91 Å². The van der Waals surface area contributed by atoms with Crippen LogP contribution in [0.25, 0.3) is 6.08 Å². The molecule has 0 spiro atoms. The second kappa shape index (κ2) is 8.48. The number of carbonyl (C=O) groups is 2. The normalized spacial score (nSPS) is 15.2. The Morgan fingerprint density at radius 3 is 2.38 bits per heavy atom. The van der Waals surface area contributed by atoms with Gasteiger partial charge in [0, 0.05) is 19.2 Å². The smallest absolute Gasteiger partial charge is 0.255 e. The summed E-state index contributed by atoms with van der Waals surface area (Å²) < 4.78 is 0. The summed E-state index contributed by atoms with van der Waals surface area (Å²) in [7, 11) is 0. The number of benzene rings is 2. The van der Waals surface area contributed by atoms with E-state index in [-0.39, 0.29) is 11.8 Å². The molecule has 1 fully saturated rings. The van der Waals surface area contributed by atoms with E-state index in [4.69, 9.17) is 0 Å². The van der Waals surface area contributed by atoms with E-state index in [2.05, 4.69) is 12.2 Å². The van der Waals surface area contributed by atoms with Crippen molar-refractivity contribution in [1.82, 2.24) is 4.90 Å². The number of anilines is 1. The molecule has 2 aromatic rings. The molecule has 1 aliphatic heterocycles. The van der Waals surface area contributed by atoms with Crippen LogP contribution in [0.15, 0.2) is 60.7 Å². The lowest BCUT2D eigenvalue weighted by atomic mass is 9.98. The van der Waals surface area contributed by atoms with E-state index in [0.717, 1.165) is 31.5 Å². The number of nitrogens with one attached hydrogen (secondary N) is 1. The van der Waals surface area contributed by atoms with Gasteiger partial charge in [0.1, 0.15) is 0 Å². The Balaban J connectivity index is 1.70. The minimum absolute atomic E-state index is 0.0140. The second-order valence-corrected chi connectivity index (χ2v) is 6.75. The number of hydrogen-bond acceptors (Lipinski definition) is 2. The highest BCUT2D eigenvalue weighted by molar-refractivity contribution is 6.07. The summed E-state index contributed by atoms with van der Waals surface area (Å²) >= 11 is 0. The highest BCUT2D eigenvalue weighted by Gasteiger charge is 2.23. The first kappa shape index (κ1) is 17.9. The maximum atomic E-state index is 12.8. The lowest BCUT2D eigenvalue weighted by Crippen LogP contribution is -2.38. The van der Waals surface area contributed by atoms with Crippen LogP contribution in [0.4, 0.5) is 5.69 Å². The molecule has 0 bridgehead atoms. The average Bonchev–Trinajstić information content (AvgIpc) is 2.68. The van der Waals surface area contributed by atoms with Crippen LogP contribution in [0, 0.1) is 5.92 Å². The third kappa shape index (κ3) is 4.60. The number of rotatable bonds is 4. The zero-order valence-corrected chi connectivity index (χ0v) is 15.0. The first-order valence-corrected chi connectivity index (χ1v) is 9.06. The van der Waals surface area contributed by atoms with E-state index in [1.54, 1.807) is 18.2 Å². The molecule has 2 aromatic carbocycles. The summed E-state index contributed by atoms with van der Waals surface area (Å²) in [6, 6.07) is 16.8. The van der Waals surface area contributed by atoms with Crippen molar-refractivity contribution in [2.45, 2.75) is 19.8 Å². The highest BCUT2D eigenvalue weighted by atomic mass is 16.2. The summed E-state index contributed by atoms with van der Waals surface area (Å²) in [6.45, 7) is 3.77. The Kier molecular flexibility index (Phi) is 5.84. The van der Waals surface area contributed by atoms with Crippen molar-refractivity contribution in [2.24, 2.45) is 5.92 Å². The molecule has 0 radical (unpaired) electrons. The van der Waals surface area contributed by atoms with Crippen molar-refractivity contribution in [2.75, 3.05) is 18.4 Å². The fourth-order valence-corrected chi connectivity index (χ4v) is 3.07. The Morgan fingerprint density at radius 2 is 1.65 bits per heavy atom. The molecule has 4 nitrogen and oxygen atoms in total. The molecule has 3 rings (SSSR count).